The molecular formula is C13H17BrN2O3. The van der Waals surface area contributed by atoms with Gasteiger partial charge in [-0.1, -0.05) is 12.1 Å². The van der Waals surface area contributed by atoms with Crippen molar-refractivity contribution in [3.05, 3.63) is 28.7 Å². The van der Waals surface area contributed by atoms with Gasteiger partial charge in [0.05, 0.1) is 17.6 Å². The fourth-order valence-corrected chi connectivity index (χ4v) is 1.88. The van der Waals surface area contributed by atoms with Crippen LogP contribution in [0.15, 0.2) is 28.7 Å². The second kappa shape index (κ2) is 7.78. The Morgan fingerprint density at radius 3 is 2.68 bits per heavy atom. The molecule has 0 aromatic heterocycles. The Balaban J connectivity index is 2.26. The molecule has 6 heteroatoms. The molecule has 0 saturated heterocycles. The number of benzene rings is 1. The van der Waals surface area contributed by atoms with E-state index in [-0.39, 0.29) is 12.5 Å². The first kappa shape index (κ1) is 15.5. The number of para-hydroxylation sites is 1. The maximum absolute atomic E-state index is 11.6. The molecule has 1 aromatic rings. The fraction of sp³-hybridized carbons (Fsp3) is 0.385. The van der Waals surface area contributed by atoms with Gasteiger partial charge in [-0.15, -0.1) is 0 Å². The number of nitrogens with two attached hydrogens (primary N) is 1. The minimum absolute atomic E-state index is 0.0517. The van der Waals surface area contributed by atoms with Crippen LogP contribution in [0.3, 0.4) is 0 Å². The first-order chi connectivity index (χ1) is 9.00. The van der Waals surface area contributed by atoms with Crippen molar-refractivity contribution in [3.63, 3.8) is 0 Å². The molecule has 0 heterocycles. The number of ether oxygens (including phenoxy) is 1. The van der Waals surface area contributed by atoms with E-state index in [0.717, 1.165) is 10.2 Å². The van der Waals surface area contributed by atoms with Gasteiger partial charge in [-0.2, -0.15) is 0 Å². The molecule has 0 aliphatic carbocycles. The zero-order valence-corrected chi connectivity index (χ0v) is 12.4. The highest BCUT2D eigenvalue weighted by Crippen LogP contribution is 2.23. The molecule has 5 nitrogen and oxygen atoms in total. The van der Waals surface area contributed by atoms with Crippen LogP contribution >= 0.6 is 15.9 Å². The summed E-state index contributed by atoms with van der Waals surface area (Å²) in [4.78, 5) is 23.6. The highest BCUT2D eigenvalue weighted by molar-refractivity contribution is 9.10. The van der Waals surface area contributed by atoms with Crippen LogP contribution in [0.5, 0.6) is 5.75 Å². The summed E-state index contributed by atoms with van der Waals surface area (Å²) in [5, 5.41) is 0. The maximum Gasteiger partial charge on any atom is 0.237 e. The summed E-state index contributed by atoms with van der Waals surface area (Å²) >= 11 is 3.38. The monoisotopic (exact) mass is 328 g/mol. The highest BCUT2D eigenvalue weighted by atomic mass is 79.9. The molecule has 1 rings (SSSR count). The summed E-state index contributed by atoms with van der Waals surface area (Å²) in [6.07, 6.45) is 0.914. The molecule has 2 amide bonds. The highest BCUT2D eigenvalue weighted by Gasteiger charge is 2.10. The summed E-state index contributed by atoms with van der Waals surface area (Å²) in [5.74, 6) is 0.121. The smallest absolute Gasteiger partial charge is 0.237 e. The van der Waals surface area contributed by atoms with E-state index in [1.807, 2.05) is 24.3 Å². The average molecular weight is 329 g/mol. The number of rotatable bonds is 7. The number of hydrogen-bond donors (Lipinski definition) is 1. The lowest BCUT2D eigenvalue weighted by Gasteiger charge is -2.15. The third-order valence-electron chi connectivity index (χ3n) is 2.45. The van der Waals surface area contributed by atoms with Crippen molar-refractivity contribution in [2.45, 2.75) is 12.8 Å². The second-order valence-corrected chi connectivity index (χ2v) is 4.95. The Bertz CT molecular complexity index is 451. The molecule has 1 aromatic carbocycles. The number of nitrogens with zero attached hydrogens (tertiary/aromatic N) is 1. The summed E-state index contributed by atoms with van der Waals surface area (Å²) in [7, 11) is 1.56. The molecule has 0 aliphatic rings. The predicted molar refractivity (Wildman–Crippen MR) is 75.7 cm³/mol. The van der Waals surface area contributed by atoms with E-state index in [1.165, 1.54) is 4.90 Å². The van der Waals surface area contributed by atoms with E-state index < -0.39 is 5.91 Å². The number of likely N-dealkylation sites (N-methyl/N-ethyl adjacent to an activating group) is 1. The quantitative estimate of drug-likeness (QED) is 0.772. The van der Waals surface area contributed by atoms with Gasteiger partial charge in [0.2, 0.25) is 11.8 Å². The second-order valence-electron chi connectivity index (χ2n) is 4.10. The minimum Gasteiger partial charge on any atom is -0.492 e. The Morgan fingerprint density at radius 1 is 1.37 bits per heavy atom. The van der Waals surface area contributed by atoms with Crippen molar-refractivity contribution >= 4 is 27.7 Å². The molecule has 0 atom stereocenters. The number of halogens is 1. The van der Waals surface area contributed by atoms with E-state index in [2.05, 4.69) is 15.9 Å². The molecule has 104 valence electrons. The van der Waals surface area contributed by atoms with Crippen LogP contribution in [0.1, 0.15) is 12.8 Å². The van der Waals surface area contributed by atoms with Crippen LogP contribution in [0.2, 0.25) is 0 Å². The third kappa shape index (κ3) is 5.74. The van der Waals surface area contributed by atoms with E-state index in [0.29, 0.717) is 19.4 Å². The Labute approximate surface area is 120 Å². The number of hydrogen-bond acceptors (Lipinski definition) is 3. The van der Waals surface area contributed by atoms with E-state index >= 15 is 0 Å². The Morgan fingerprint density at radius 2 is 2.05 bits per heavy atom. The normalized spacial score (nSPS) is 10.0. The van der Waals surface area contributed by atoms with Gasteiger partial charge in [0, 0.05) is 13.5 Å². The topological polar surface area (TPSA) is 72.6 Å². The van der Waals surface area contributed by atoms with Crippen LogP contribution in [0.4, 0.5) is 0 Å². The molecule has 0 unspecified atom stereocenters. The van der Waals surface area contributed by atoms with E-state index in [9.17, 15) is 9.59 Å². The molecule has 19 heavy (non-hydrogen) atoms. The zero-order valence-electron chi connectivity index (χ0n) is 10.8. The molecule has 0 bridgehead atoms. The van der Waals surface area contributed by atoms with Crippen LogP contribution in [-0.2, 0) is 9.59 Å². The SMILES string of the molecule is CN(CC(N)=O)C(=O)CCCOc1ccccc1Br. The van der Waals surface area contributed by atoms with Gasteiger partial charge in [0.1, 0.15) is 5.75 Å². The molecule has 2 N–H and O–H groups in total. The standard InChI is InChI=1S/C13H17BrN2O3/c1-16(9-12(15)17)13(18)7-4-8-19-11-6-3-2-5-10(11)14/h2-3,5-6H,4,7-9H2,1H3,(H2,15,17). The largest absolute Gasteiger partial charge is 0.492 e. The molecule has 0 radical (unpaired) electrons. The summed E-state index contributed by atoms with van der Waals surface area (Å²) in [6.45, 7) is 0.392. The van der Waals surface area contributed by atoms with Crippen molar-refractivity contribution in [2.75, 3.05) is 20.2 Å². The van der Waals surface area contributed by atoms with Crippen molar-refractivity contribution in [3.8, 4) is 5.75 Å². The lowest BCUT2D eigenvalue weighted by Crippen LogP contribution is -2.35. The Kier molecular flexibility index (Phi) is 6.35. The van der Waals surface area contributed by atoms with Gasteiger partial charge in [-0.05, 0) is 34.5 Å². The number of carbonyl (C=O) groups excluding carboxylic acids is 2. The van der Waals surface area contributed by atoms with Crippen LogP contribution in [-0.4, -0.2) is 36.9 Å². The van der Waals surface area contributed by atoms with Crippen LogP contribution < -0.4 is 10.5 Å². The molecule has 0 aliphatic heterocycles. The van der Waals surface area contributed by atoms with Gasteiger partial charge >= 0.3 is 0 Å². The molecule has 0 saturated carbocycles. The first-order valence-electron chi connectivity index (χ1n) is 5.90. The zero-order chi connectivity index (χ0) is 14.3. The average Bonchev–Trinajstić information content (AvgIpc) is 2.35. The van der Waals surface area contributed by atoms with E-state index in [4.69, 9.17) is 10.5 Å². The molecule has 0 fully saturated rings. The lowest BCUT2D eigenvalue weighted by atomic mass is 10.3. The number of carbonyl (C=O) groups is 2. The third-order valence-corrected chi connectivity index (χ3v) is 3.10. The fourth-order valence-electron chi connectivity index (χ4n) is 1.48. The number of primary amides is 1. The van der Waals surface area contributed by atoms with Crippen LogP contribution in [0.25, 0.3) is 0 Å². The van der Waals surface area contributed by atoms with Crippen molar-refractivity contribution in [1.82, 2.24) is 4.90 Å². The van der Waals surface area contributed by atoms with Gasteiger partial charge < -0.3 is 15.4 Å². The number of amides is 2. The van der Waals surface area contributed by atoms with Gasteiger partial charge in [0.25, 0.3) is 0 Å². The summed E-state index contributed by atoms with van der Waals surface area (Å²) in [6, 6.07) is 7.53. The van der Waals surface area contributed by atoms with Crippen LogP contribution in [0, 0.1) is 0 Å². The van der Waals surface area contributed by atoms with Crippen molar-refractivity contribution in [1.29, 1.82) is 0 Å². The molecular weight excluding hydrogens is 312 g/mol. The lowest BCUT2D eigenvalue weighted by molar-refractivity contribution is -0.133. The van der Waals surface area contributed by atoms with Gasteiger partial charge in [-0.3, -0.25) is 9.59 Å². The van der Waals surface area contributed by atoms with Crippen molar-refractivity contribution in [2.24, 2.45) is 5.73 Å². The molecule has 0 spiro atoms. The van der Waals surface area contributed by atoms with E-state index in [1.54, 1.807) is 7.05 Å². The minimum atomic E-state index is -0.514. The Hall–Kier alpha value is -1.56. The van der Waals surface area contributed by atoms with Crippen molar-refractivity contribution < 1.29 is 14.3 Å². The first-order valence-corrected chi connectivity index (χ1v) is 6.69. The van der Waals surface area contributed by atoms with Gasteiger partial charge in [-0.25, -0.2) is 0 Å². The van der Waals surface area contributed by atoms with Gasteiger partial charge in [0.15, 0.2) is 0 Å². The maximum atomic E-state index is 11.6. The predicted octanol–water partition coefficient (Wildman–Crippen LogP) is 1.55. The summed E-state index contributed by atoms with van der Waals surface area (Å²) < 4.78 is 6.42. The summed E-state index contributed by atoms with van der Waals surface area (Å²) in [5.41, 5.74) is 5.02.